The number of aliphatic carboxylic acids is 1. The lowest BCUT2D eigenvalue weighted by atomic mass is 10.1. The molecule has 1 aliphatic carbocycles. The first-order valence-corrected chi connectivity index (χ1v) is 10.3. The number of hydrogen-bond acceptors (Lipinski definition) is 4. The molecule has 0 aliphatic heterocycles. The lowest BCUT2D eigenvalue weighted by Crippen LogP contribution is -2.13. The van der Waals surface area contributed by atoms with Crippen LogP contribution in [-0.2, 0) is 4.79 Å². The van der Waals surface area contributed by atoms with Crippen LogP contribution in [-0.4, -0.2) is 27.9 Å². The lowest BCUT2D eigenvalue weighted by Gasteiger charge is -2.16. The van der Waals surface area contributed by atoms with Gasteiger partial charge < -0.3 is 9.84 Å². The maximum absolute atomic E-state index is 14.5. The number of aryl methyl sites for hydroxylation is 1. The number of halogens is 1. The monoisotopic (exact) mass is 389 g/mol. The number of carboxylic acids is 1. The topological polar surface area (TPSA) is 59.4 Å². The highest BCUT2D eigenvalue weighted by atomic mass is 32.2. The van der Waals surface area contributed by atoms with E-state index in [1.807, 2.05) is 25.1 Å². The molecular formula is C21H24FNO3S. The lowest BCUT2D eigenvalue weighted by molar-refractivity contribution is -0.137. The molecule has 2 aromatic rings. The summed E-state index contributed by atoms with van der Waals surface area (Å²) in [5.74, 6) is 0.0153. The van der Waals surface area contributed by atoms with Gasteiger partial charge in [-0.1, -0.05) is 6.07 Å². The van der Waals surface area contributed by atoms with Crippen LogP contribution in [0.2, 0.25) is 0 Å². The second-order valence-corrected chi connectivity index (χ2v) is 7.96. The van der Waals surface area contributed by atoms with Crippen LogP contribution in [0.15, 0.2) is 35.2 Å². The number of hydrogen-bond donors (Lipinski definition) is 1. The average Bonchev–Trinajstić information content (AvgIpc) is 3.13. The molecule has 0 bridgehead atoms. The zero-order valence-electron chi connectivity index (χ0n) is 15.4. The summed E-state index contributed by atoms with van der Waals surface area (Å²) in [6.07, 6.45) is 5.23. The third-order valence-electron chi connectivity index (χ3n) is 4.62. The van der Waals surface area contributed by atoms with E-state index in [0.717, 1.165) is 29.7 Å². The van der Waals surface area contributed by atoms with Gasteiger partial charge in [0.25, 0.3) is 0 Å². The van der Waals surface area contributed by atoms with Crippen molar-refractivity contribution in [2.24, 2.45) is 0 Å². The summed E-state index contributed by atoms with van der Waals surface area (Å²) >= 11 is 1.34. The van der Waals surface area contributed by atoms with E-state index < -0.39 is 5.97 Å². The van der Waals surface area contributed by atoms with Crippen molar-refractivity contribution in [3.8, 4) is 17.0 Å². The molecule has 0 amide bonds. The second-order valence-electron chi connectivity index (χ2n) is 6.82. The van der Waals surface area contributed by atoms with Crippen molar-refractivity contribution in [2.75, 3.05) is 5.75 Å². The zero-order valence-corrected chi connectivity index (χ0v) is 16.2. The largest absolute Gasteiger partial charge is 0.481 e. The van der Waals surface area contributed by atoms with Gasteiger partial charge in [0, 0.05) is 22.6 Å². The van der Waals surface area contributed by atoms with Gasteiger partial charge in [-0.2, -0.15) is 0 Å². The molecule has 0 unspecified atom stereocenters. The number of ether oxygens (including phenoxy) is 1. The fourth-order valence-corrected chi connectivity index (χ4v) is 4.07. The highest BCUT2D eigenvalue weighted by Gasteiger charge is 2.20. The highest BCUT2D eigenvalue weighted by Crippen LogP contribution is 2.34. The quantitative estimate of drug-likeness (QED) is 0.479. The van der Waals surface area contributed by atoms with Crippen LogP contribution in [0.3, 0.4) is 0 Å². The molecule has 3 rings (SSSR count). The molecule has 0 atom stereocenters. The SMILES string of the molecule is Cc1ccc(-c2ccc(SCCCC(=O)O)c(F)c2)c(OC2CCCC2)n1. The van der Waals surface area contributed by atoms with E-state index in [0.29, 0.717) is 22.9 Å². The molecule has 1 aromatic carbocycles. The molecule has 4 nitrogen and oxygen atoms in total. The maximum atomic E-state index is 14.5. The van der Waals surface area contributed by atoms with Crippen molar-refractivity contribution in [1.29, 1.82) is 0 Å². The van der Waals surface area contributed by atoms with Crippen LogP contribution in [0.25, 0.3) is 11.1 Å². The Hall–Kier alpha value is -2.08. The first-order valence-electron chi connectivity index (χ1n) is 9.32. The molecule has 1 aliphatic rings. The van der Waals surface area contributed by atoms with Crippen molar-refractivity contribution in [3.63, 3.8) is 0 Å². The minimum Gasteiger partial charge on any atom is -0.481 e. The number of thioether (sulfide) groups is 1. The maximum Gasteiger partial charge on any atom is 0.303 e. The van der Waals surface area contributed by atoms with E-state index in [4.69, 9.17) is 9.84 Å². The Labute approximate surface area is 163 Å². The van der Waals surface area contributed by atoms with Gasteiger partial charge in [0.2, 0.25) is 5.88 Å². The van der Waals surface area contributed by atoms with E-state index in [-0.39, 0.29) is 18.3 Å². The summed E-state index contributed by atoms with van der Waals surface area (Å²) in [5, 5.41) is 8.67. The minimum atomic E-state index is -0.826. The number of nitrogens with zero attached hydrogens (tertiary/aromatic N) is 1. The number of benzene rings is 1. The van der Waals surface area contributed by atoms with Crippen LogP contribution >= 0.6 is 11.8 Å². The Kier molecular flexibility index (Phi) is 6.72. The molecule has 6 heteroatoms. The second kappa shape index (κ2) is 9.22. The molecule has 1 saturated carbocycles. The predicted octanol–water partition coefficient (Wildman–Crippen LogP) is 5.47. The Morgan fingerprint density at radius 3 is 2.78 bits per heavy atom. The molecular weight excluding hydrogens is 365 g/mol. The summed E-state index contributed by atoms with van der Waals surface area (Å²) in [6.45, 7) is 1.92. The molecule has 27 heavy (non-hydrogen) atoms. The Bertz CT molecular complexity index is 806. The smallest absolute Gasteiger partial charge is 0.303 e. The predicted molar refractivity (Wildman–Crippen MR) is 105 cm³/mol. The molecule has 1 heterocycles. The standard InChI is InChI=1S/C21H24FNO3S/c1-14-8-10-17(21(23-14)26-16-5-2-3-6-16)15-9-11-19(18(22)13-15)27-12-4-7-20(24)25/h8-11,13,16H,2-7,12H2,1H3,(H,24,25). The average molecular weight is 389 g/mol. The van der Waals surface area contributed by atoms with Gasteiger partial charge in [-0.15, -0.1) is 11.8 Å². The van der Waals surface area contributed by atoms with Gasteiger partial charge in [0.1, 0.15) is 11.9 Å². The Morgan fingerprint density at radius 2 is 2.07 bits per heavy atom. The van der Waals surface area contributed by atoms with Gasteiger partial charge in [-0.25, -0.2) is 9.37 Å². The van der Waals surface area contributed by atoms with Crippen molar-refractivity contribution in [1.82, 2.24) is 4.98 Å². The van der Waals surface area contributed by atoms with Crippen molar-refractivity contribution >= 4 is 17.7 Å². The van der Waals surface area contributed by atoms with Crippen molar-refractivity contribution < 1.29 is 19.0 Å². The van der Waals surface area contributed by atoms with E-state index >= 15 is 0 Å². The summed E-state index contributed by atoms with van der Waals surface area (Å²) in [5.41, 5.74) is 2.41. The van der Waals surface area contributed by atoms with E-state index in [2.05, 4.69) is 4.98 Å². The summed E-state index contributed by atoms with van der Waals surface area (Å²) in [7, 11) is 0. The van der Waals surface area contributed by atoms with Crippen molar-refractivity contribution in [3.05, 3.63) is 41.8 Å². The number of carbonyl (C=O) groups is 1. The fourth-order valence-electron chi connectivity index (χ4n) is 3.20. The van der Waals surface area contributed by atoms with Gasteiger partial charge in [0.05, 0.1) is 0 Å². The molecule has 1 N–H and O–H groups in total. The molecule has 0 saturated heterocycles. The van der Waals surface area contributed by atoms with E-state index in [9.17, 15) is 9.18 Å². The summed E-state index contributed by atoms with van der Waals surface area (Å²) in [6, 6.07) is 8.96. The zero-order chi connectivity index (χ0) is 19.2. The molecule has 1 fully saturated rings. The van der Waals surface area contributed by atoms with Crippen LogP contribution < -0.4 is 4.74 Å². The molecule has 0 spiro atoms. The Morgan fingerprint density at radius 1 is 1.30 bits per heavy atom. The van der Waals surface area contributed by atoms with Gasteiger partial charge in [0.15, 0.2) is 0 Å². The molecule has 0 radical (unpaired) electrons. The van der Waals surface area contributed by atoms with Crippen LogP contribution in [0.4, 0.5) is 4.39 Å². The Balaban J connectivity index is 1.75. The van der Waals surface area contributed by atoms with E-state index in [1.165, 1.54) is 30.7 Å². The van der Waals surface area contributed by atoms with E-state index in [1.54, 1.807) is 6.07 Å². The first-order chi connectivity index (χ1) is 13.0. The first kappa shape index (κ1) is 19.7. The van der Waals surface area contributed by atoms with Gasteiger partial charge in [-0.05, 0) is 74.6 Å². The fraction of sp³-hybridized carbons (Fsp3) is 0.429. The summed E-state index contributed by atoms with van der Waals surface area (Å²) < 4.78 is 20.7. The summed E-state index contributed by atoms with van der Waals surface area (Å²) in [4.78, 5) is 15.6. The van der Waals surface area contributed by atoms with Crippen LogP contribution in [0.1, 0.15) is 44.2 Å². The van der Waals surface area contributed by atoms with Gasteiger partial charge in [-0.3, -0.25) is 4.79 Å². The third kappa shape index (κ3) is 5.45. The molecule has 1 aromatic heterocycles. The van der Waals surface area contributed by atoms with Crippen LogP contribution in [0.5, 0.6) is 5.88 Å². The third-order valence-corrected chi connectivity index (χ3v) is 5.75. The number of carboxylic acid groups (broad SMARTS) is 1. The van der Waals surface area contributed by atoms with Crippen molar-refractivity contribution in [2.45, 2.75) is 56.4 Å². The number of rotatable bonds is 8. The normalized spacial score (nSPS) is 14.4. The van der Waals surface area contributed by atoms with Crippen LogP contribution in [0, 0.1) is 12.7 Å². The number of aromatic nitrogens is 1. The van der Waals surface area contributed by atoms with Gasteiger partial charge >= 0.3 is 5.97 Å². The minimum absolute atomic E-state index is 0.101. The number of pyridine rings is 1. The molecule has 144 valence electrons. The highest BCUT2D eigenvalue weighted by molar-refractivity contribution is 7.99.